The first-order valence-electron chi connectivity index (χ1n) is 7.55. The van der Waals surface area contributed by atoms with Gasteiger partial charge in [0, 0.05) is 28.6 Å². The molecule has 1 amide bonds. The third kappa shape index (κ3) is 4.27. The summed E-state index contributed by atoms with van der Waals surface area (Å²) in [5.41, 5.74) is 1.12. The van der Waals surface area contributed by atoms with Crippen LogP contribution in [0.4, 0.5) is 5.13 Å². The van der Waals surface area contributed by atoms with E-state index in [0.717, 1.165) is 10.4 Å². The van der Waals surface area contributed by atoms with Crippen LogP contribution in [0.15, 0.2) is 36.5 Å². The van der Waals surface area contributed by atoms with E-state index < -0.39 is 5.91 Å². The molecule has 0 spiro atoms. The van der Waals surface area contributed by atoms with E-state index in [1.807, 2.05) is 24.3 Å². The summed E-state index contributed by atoms with van der Waals surface area (Å²) in [7, 11) is 2.86. The summed E-state index contributed by atoms with van der Waals surface area (Å²) in [6.45, 7) is 0. The smallest absolute Gasteiger partial charge is 0.320 e. The highest BCUT2D eigenvalue weighted by Crippen LogP contribution is 2.25. The predicted octanol–water partition coefficient (Wildman–Crippen LogP) is 3.45. The SMILES string of the molecule is COc1cc(C(=O)Nc2ncc(Cc3ccccc3Cl)s2)nc(OC)n1. The lowest BCUT2D eigenvalue weighted by Crippen LogP contribution is -2.14. The molecule has 3 aromatic rings. The van der Waals surface area contributed by atoms with Crippen LogP contribution in [-0.4, -0.2) is 35.1 Å². The van der Waals surface area contributed by atoms with Gasteiger partial charge in [-0.15, -0.1) is 11.3 Å². The van der Waals surface area contributed by atoms with Crippen molar-refractivity contribution in [3.8, 4) is 11.9 Å². The molecule has 0 atom stereocenters. The summed E-state index contributed by atoms with van der Waals surface area (Å²) < 4.78 is 10.0. The molecule has 0 fully saturated rings. The van der Waals surface area contributed by atoms with Crippen molar-refractivity contribution >= 4 is 34.0 Å². The number of nitrogens with zero attached hydrogens (tertiary/aromatic N) is 3. The van der Waals surface area contributed by atoms with Crippen molar-refractivity contribution < 1.29 is 14.3 Å². The lowest BCUT2D eigenvalue weighted by Gasteiger charge is -2.05. The number of aromatic nitrogens is 3. The first kappa shape index (κ1) is 18.1. The highest BCUT2D eigenvalue weighted by molar-refractivity contribution is 7.15. The fraction of sp³-hybridized carbons (Fsp3) is 0.176. The number of hydrogen-bond donors (Lipinski definition) is 1. The van der Waals surface area contributed by atoms with Gasteiger partial charge in [0.2, 0.25) is 5.88 Å². The number of rotatable bonds is 6. The van der Waals surface area contributed by atoms with E-state index in [4.69, 9.17) is 21.1 Å². The van der Waals surface area contributed by atoms with E-state index in [9.17, 15) is 4.79 Å². The Morgan fingerprint density at radius 1 is 1.23 bits per heavy atom. The van der Waals surface area contributed by atoms with Crippen LogP contribution in [0.1, 0.15) is 20.9 Å². The lowest BCUT2D eigenvalue weighted by atomic mass is 10.1. The number of halogens is 1. The summed E-state index contributed by atoms with van der Waals surface area (Å²) in [6.07, 6.45) is 2.35. The summed E-state index contributed by atoms with van der Waals surface area (Å²) in [6, 6.07) is 9.09. The first-order chi connectivity index (χ1) is 12.6. The Morgan fingerprint density at radius 3 is 2.77 bits per heavy atom. The molecular formula is C17H15ClN4O3S. The molecule has 0 saturated carbocycles. The predicted molar refractivity (Wildman–Crippen MR) is 99.5 cm³/mol. The molecule has 7 nitrogen and oxygen atoms in total. The number of nitrogens with one attached hydrogen (secondary N) is 1. The second kappa shape index (κ2) is 8.11. The third-order valence-electron chi connectivity index (χ3n) is 3.40. The molecule has 0 saturated heterocycles. The van der Waals surface area contributed by atoms with Gasteiger partial charge in [-0.2, -0.15) is 9.97 Å². The molecule has 3 rings (SSSR count). The van der Waals surface area contributed by atoms with Gasteiger partial charge in [0.15, 0.2) is 5.13 Å². The number of methoxy groups -OCH3 is 2. The molecule has 2 heterocycles. The Hall–Kier alpha value is -2.71. The monoisotopic (exact) mass is 390 g/mol. The zero-order valence-corrected chi connectivity index (χ0v) is 15.6. The average Bonchev–Trinajstić information content (AvgIpc) is 3.10. The van der Waals surface area contributed by atoms with E-state index >= 15 is 0 Å². The average molecular weight is 391 g/mol. The van der Waals surface area contributed by atoms with Gasteiger partial charge in [0.1, 0.15) is 5.69 Å². The normalized spacial score (nSPS) is 10.4. The van der Waals surface area contributed by atoms with Crippen molar-refractivity contribution in [3.05, 3.63) is 57.7 Å². The van der Waals surface area contributed by atoms with E-state index in [0.29, 0.717) is 16.6 Å². The minimum absolute atomic E-state index is 0.0491. The molecule has 2 aromatic heterocycles. The Kier molecular flexibility index (Phi) is 5.65. The van der Waals surface area contributed by atoms with Crippen molar-refractivity contribution in [3.63, 3.8) is 0 Å². The van der Waals surface area contributed by atoms with Crippen LogP contribution in [0.3, 0.4) is 0 Å². The molecule has 0 radical (unpaired) electrons. The van der Waals surface area contributed by atoms with Crippen molar-refractivity contribution in [1.29, 1.82) is 0 Å². The third-order valence-corrected chi connectivity index (χ3v) is 4.68. The minimum atomic E-state index is -0.428. The Balaban J connectivity index is 1.73. The fourth-order valence-corrected chi connectivity index (χ4v) is 3.19. The zero-order chi connectivity index (χ0) is 18.5. The fourth-order valence-electron chi connectivity index (χ4n) is 2.15. The molecule has 0 aliphatic carbocycles. The number of ether oxygens (including phenoxy) is 2. The van der Waals surface area contributed by atoms with Gasteiger partial charge in [-0.25, -0.2) is 4.98 Å². The first-order valence-corrected chi connectivity index (χ1v) is 8.75. The Labute approximate surface area is 159 Å². The van der Waals surface area contributed by atoms with E-state index in [2.05, 4.69) is 20.3 Å². The molecule has 0 aliphatic rings. The van der Waals surface area contributed by atoms with Gasteiger partial charge in [-0.1, -0.05) is 29.8 Å². The van der Waals surface area contributed by atoms with E-state index in [1.54, 1.807) is 6.20 Å². The van der Waals surface area contributed by atoms with Crippen molar-refractivity contribution in [2.24, 2.45) is 0 Å². The molecule has 1 aromatic carbocycles. The maximum Gasteiger partial charge on any atom is 0.320 e. The van der Waals surface area contributed by atoms with Crippen LogP contribution in [0, 0.1) is 0 Å². The van der Waals surface area contributed by atoms with Crippen LogP contribution in [-0.2, 0) is 6.42 Å². The minimum Gasteiger partial charge on any atom is -0.481 e. The molecule has 0 bridgehead atoms. The van der Waals surface area contributed by atoms with Gasteiger partial charge in [-0.3, -0.25) is 10.1 Å². The van der Waals surface area contributed by atoms with Gasteiger partial charge in [0.25, 0.3) is 5.91 Å². The number of thiazole rings is 1. The second-order valence-electron chi connectivity index (χ2n) is 5.14. The molecule has 1 N–H and O–H groups in total. The molecule has 9 heteroatoms. The standard InChI is InChI=1S/C17H15ClN4O3S/c1-24-14-8-13(20-16(21-14)25-2)15(23)22-17-19-9-11(26-17)7-10-5-3-4-6-12(10)18/h3-6,8-9H,7H2,1-2H3,(H,19,22,23). The van der Waals surface area contributed by atoms with Crippen LogP contribution in [0.2, 0.25) is 5.02 Å². The maximum absolute atomic E-state index is 12.4. The summed E-state index contributed by atoms with van der Waals surface area (Å²) in [4.78, 5) is 25.6. The molecule has 0 unspecified atom stereocenters. The highest BCUT2D eigenvalue weighted by atomic mass is 35.5. The van der Waals surface area contributed by atoms with Crippen LogP contribution in [0.5, 0.6) is 11.9 Å². The van der Waals surface area contributed by atoms with Crippen LogP contribution >= 0.6 is 22.9 Å². The largest absolute Gasteiger partial charge is 0.481 e. The van der Waals surface area contributed by atoms with E-state index in [1.165, 1.54) is 31.6 Å². The van der Waals surface area contributed by atoms with Gasteiger partial charge >= 0.3 is 6.01 Å². The topological polar surface area (TPSA) is 86.2 Å². The summed E-state index contributed by atoms with van der Waals surface area (Å²) in [5.74, 6) is -0.191. The lowest BCUT2D eigenvalue weighted by molar-refractivity contribution is 0.102. The second-order valence-corrected chi connectivity index (χ2v) is 6.66. The molecule has 134 valence electrons. The number of hydrogen-bond acceptors (Lipinski definition) is 7. The van der Waals surface area contributed by atoms with Crippen molar-refractivity contribution in [1.82, 2.24) is 15.0 Å². The Bertz CT molecular complexity index is 910. The number of anilines is 1. The molecule has 26 heavy (non-hydrogen) atoms. The van der Waals surface area contributed by atoms with Gasteiger partial charge < -0.3 is 9.47 Å². The molecule has 0 aliphatic heterocycles. The van der Waals surface area contributed by atoms with Gasteiger partial charge in [0.05, 0.1) is 14.2 Å². The quantitative estimate of drug-likeness (QED) is 0.693. The highest BCUT2D eigenvalue weighted by Gasteiger charge is 2.15. The zero-order valence-electron chi connectivity index (χ0n) is 14.0. The van der Waals surface area contributed by atoms with E-state index in [-0.39, 0.29) is 17.6 Å². The number of carbonyl (C=O) groups excluding carboxylic acids is 1. The number of carbonyl (C=O) groups is 1. The maximum atomic E-state index is 12.4. The van der Waals surface area contributed by atoms with Crippen LogP contribution < -0.4 is 14.8 Å². The van der Waals surface area contributed by atoms with Crippen molar-refractivity contribution in [2.45, 2.75) is 6.42 Å². The summed E-state index contributed by atoms with van der Waals surface area (Å²) in [5, 5.41) is 3.88. The van der Waals surface area contributed by atoms with Gasteiger partial charge in [-0.05, 0) is 11.6 Å². The van der Waals surface area contributed by atoms with Crippen molar-refractivity contribution in [2.75, 3.05) is 19.5 Å². The molecular weight excluding hydrogens is 376 g/mol. The van der Waals surface area contributed by atoms with Crippen LogP contribution in [0.25, 0.3) is 0 Å². The number of amides is 1. The number of benzene rings is 1. The summed E-state index contributed by atoms with van der Waals surface area (Å²) >= 11 is 7.55. The Morgan fingerprint density at radius 2 is 2.04 bits per heavy atom.